The van der Waals surface area contributed by atoms with Crippen molar-refractivity contribution in [1.82, 2.24) is 20.3 Å². The molecule has 9 nitrogen and oxygen atoms in total. The lowest BCUT2D eigenvalue weighted by Gasteiger charge is -2.35. The Morgan fingerprint density at radius 1 is 0.822 bits per heavy atom. The highest BCUT2D eigenvalue weighted by Gasteiger charge is 2.37. The van der Waals surface area contributed by atoms with Crippen LogP contribution in [0, 0.1) is 0 Å². The van der Waals surface area contributed by atoms with Crippen LogP contribution in [0.1, 0.15) is 56.7 Å². The number of nitrogens with one attached hydrogen (secondary N) is 1. The Balaban J connectivity index is 1.42. The van der Waals surface area contributed by atoms with Crippen molar-refractivity contribution >= 4 is 28.5 Å². The van der Waals surface area contributed by atoms with E-state index in [1.165, 1.54) is 6.42 Å². The zero-order valence-corrected chi connectivity index (χ0v) is 25.5. The van der Waals surface area contributed by atoms with Crippen molar-refractivity contribution < 1.29 is 19.1 Å². The molecule has 0 spiro atoms. The number of rotatable bonds is 10. The number of benzene rings is 4. The molecule has 0 saturated heterocycles. The molecule has 5 aromatic rings. The van der Waals surface area contributed by atoms with E-state index in [1.807, 2.05) is 103 Å². The molecule has 230 valence electrons. The van der Waals surface area contributed by atoms with E-state index < -0.39 is 12.1 Å². The van der Waals surface area contributed by atoms with Gasteiger partial charge < -0.3 is 14.8 Å². The summed E-state index contributed by atoms with van der Waals surface area (Å²) in [6, 6.07) is 29.9. The molecule has 2 atom stereocenters. The standard InChI is InChI=1S/C36H37N5O4/c1-25(41-33-16-10-9-15-32(33)38-39-41)36(43)40(28-19-23-31(24-20-28)45-30-13-7-4-8-14-30)34(26-17-21-29(44-2)22-18-26)35(42)37-27-11-5-3-6-12-27/h4,7-10,13-25,27,34H,3,5-6,11-12H2,1-2H3,(H,37,42). The van der Waals surface area contributed by atoms with Gasteiger partial charge in [0, 0.05) is 11.7 Å². The number of methoxy groups -OCH3 is 1. The maximum absolute atomic E-state index is 14.7. The third-order valence-corrected chi connectivity index (χ3v) is 8.32. The number of carbonyl (C=O) groups is 2. The highest BCUT2D eigenvalue weighted by atomic mass is 16.5. The second-order valence-corrected chi connectivity index (χ2v) is 11.3. The average Bonchev–Trinajstić information content (AvgIpc) is 3.52. The van der Waals surface area contributed by atoms with Crippen LogP contribution in [-0.2, 0) is 9.59 Å². The molecule has 1 N–H and O–H groups in total. The van der Waals surface area contributed by atoms with Gasteiger partial charge in [0.1, 0.15) is 34.8 Å². The molecule has 1 aliphatic carbocycles. The molecule has 1 aromatic heterocycles. The van der Waals surface area contributed by atoms with E-state index in [0.717, 1.165) is 31.2 Å². The number of para-hydroxylation sites is 2. The zero-order chi connectivity index (χ0) is 31.2. The van der Waals surface area contributed by atoms with Gasteiger partial charge in [0.2, 0.25) is 5.91 Å². The van der Waals surface area contributed by atoms with Crippen LogP contribution in [0.25, 0.3) is 11.0 Å². The van der Waals surface area contributed by atoms with Crippen molar-refractivity contribution in [3.63, 3.8) is 0 Å². The highest BCUT2D eigenvalue weighted by Crippen LogP contribution is 2.34. The molecule has 0 radical (unpaired) electrons. The number of hydrogen-bond donors (Lipinski definition) is 1. The zero-order valence-electron chi connectivity index (χ0n) is 25.5. The first-order valence-electron chi connectivity index (χ1n) is 15.4. The highest BCUT2D eigenvalue weighted by molar-refractivity contribution is 6.03. The molecule has 0 aliphatic heterocycles. The molecule has 45 heavy (non-hydrogen) atoms. The first-order chi connectivity index (χ1) is 22.0. The Hall–Kier alpha value is -5.18. The summed E-state index contributed by atoms with van der Waals surface area (Å²) in [4.78, 5) is 30.6. The molecule has 1 heterocycles. The number of carbonyl (C=O) groups excluding carboxylic acids is 2. The van der Waals surface area contributed by atoms with E-state index in [2.05, 4.69) is 15.6 Å². The Morgan fingerprint density at radius 2 is 1.47 bits per heavy atom. The molecule has 2 unspecified atom stereocenters. The van der Waals surface area contributed by atoms with Crippen molar-refractivity contribution in [3.8, 4) is 17.2 Å². The van der Waals surface area contributed by atoms with E-state index >= 15 is 0 Å². The fraction of sp³-hybridized carbons (Fsp3) is 0.278. The number of fused-ring (bicyclic) bond motifs is 1. The fourth-order valence-electron chi connectivity index (χ4n) is 5.91. The normalized spacial score (nSPS) is 14.8. The van der Waals surface area contributed by atoms with E-state index in [4.69, 9.17) is 9.47 Å². The van der Waals surface area contributed by atoms with Crippen LogP contribution in [0.4, 0.5) is 5.69 Å². The SMILES string of the molecule is COc1ccc(C(C(=O)NC2CCCCC2)N(C(=O)C(C)n2nnc3ccccc32)c2ccc(Oc3ccccc3)cc2)cc1. The van der Waals surface area contributed by atoms with Gasteiger partial charge in [-0.25, -0.2) is 4.68 Å². The predicted octanol–water partition coefficient (Wildman–Crippen LogP) is 7.02. The van der Waals surface area contributed by atoms with Gasteiger partial charge in [-0.05, 0) is 86.0 Å². The van der Waals surface area contributed by atoms with Crippen molar-refractivity contribution in [3.05, 3.63) is 109 Å². The van der Waals surface area contributed by atoms with Crippen LogP contribution >= 0.6 is 0 Å². The average molecular weight is 604 g/mol. The summed E-state index contributed by atoms with van der Waals surface area (Å²) in [5.41, 5.74) is 2.64. The van der Waals surface area contributed by atoms with Crippen molar-refractivity contribution in [2.75, 3.05) is 12.0 Å². The summed E-state index contributed by atoms with van der Waals surface area (Å²) in [5, 5.41) is 11.9. The van der Waals surface area contributed by atoms with Gasteiger partial charge in [-0.2, -0.15) is 0 Å². The minimum absolute atomic E-state index is 0.0577. The van der Waals surface area contributed by atoms with Crippen LogP contribution in [0.15, 0.2) is 103 Å². The van der Waals surface area contributed by atoms with E-state index in [9.17, 15) is 9.59 Å². The van der Waals surface area contributed by atoms with Gasteiger partial charge in [-0.1, -0.05) is 66.9 Å². The van der Waals surface area contributed by atoms with Crippen LogP contribution in [0.3, 0.4) is 0 Å². The van der Waals surface area contributed by atoms with E-state index in [0.29, 0.717) is 34.0 Å². The quantitative estimate of drug-likeness (QED) is 0.184. The molecular weight excluding hydrogens is 566 g/mol. The molecule has 1 fully saturated rings. The smallest absolute Gasteiger partial charge is 0.252 e. The molecule has 2 amide bonds. The van der Waals surface area contributed by atoms with Crippen LogP contribution in [-0.4, -0.2) is 40.0 Å². The lowest BCUT2D eigenvalue weighted by atomic mass is 9.94. The largest absolute Gasteiger partial charge is 0.497 e. The van der Waals surface area contributed by atoms with E-state index in [-0.39, 0.29) is 17.9 Å². The molecule has 1 saturated carbocycles. The summed E-state index contributed by atoms with van der Waals surface area (Å²) < 4.78 is 13.0. The first-order valence-corrected chi connectivity index (χ1v) is 15.4. The number of anilines is 1. The molecule has 4 aromatic carbocycles. The Bertz CT molecular complexity index is 1730. The number of amides is 2. The summed E-state index contributed by atoms with van der Waals surface area (Å²) >= 11 is 0. The number of aromatic nitrogens is 3. The molecule has 9 heteroatoms. The lowest BCUT2D eigenvalue weighted by molar-refractivity contribution is -0.128. The predicted molar refractivity (Wildman–Crippen MR) is 173 cm³/mol. The monoisotopic (exact) mass is 603 g/mol. The maximum atomic E-state index is 14.7. The minimum Gasteiger partial charge on any atom is -0.497 e. The lowest BCUT2D eigenvalue weighted by Crippen LogP contribution is -2.48. The van der Waals surface area contributed by atoms with Crippen LogP contribution in [0.5, 0.6) is 17.2 Å². The number of ether oxygens (including phenoxy) is 2. The van der Waals surface area contributed by atoms with Gasteiger partial charge in [0.15, 0.2) is 0 Å². The molecule has 0 bridgehead atoms. The summed E-state index contributed by atoms with van der Waals surface area (Å²) in [7, 11) is 1.60. The number of hydrogen-bond acceptors (Lipinski definition) is 6. The minimum atomic E-state index is -0.955. The van der Waals surface area contributed by atoms with Crippen LogP contribution in [0.2, 0.25) is 0 Å². The molecular formula is C36H37N5O4. The van der Waals surface area contributed by atoms with Gasteiger partial charge in [-0.15, -0.1) is 5.10 Å². The van der Waals surface area contributed by atoms with Gasteiger partial charge in [0.05, 0.1) is 12.6 Å². The Labute approximate surface area is 262 Å². The van der Waals surface area contributed by atoms with Crippen LogP contribution < -0.4 is 19.7 Å². The molecule has 1 aliphatic rings. The summed E-state index contributed by atoms with van der Waals surface area (Å²) in [5.74, 6) is 1.43. The third-order valence-electron chi connectivity index (χ3n) is 8.32. The fourth-order valence-corrected chi connectivity index (χ4v) is 5.91. The summed E-state index contributed by atoms with van der Waals surface area (Å²) in [6.45, 7) is 1.79. The van der Waals surface area contributed by atoms with Gasteiger partial charge in [-0.3, -0.25) is 14.5 Å². The second kappa shape index (κ2) is 13.6. The number of nitrogens with zero attached hydrogens (tertiary/aromatic N) is 4. The van der Waals surface area contributed by atoms with Crippen molar-refractivity contribution in [1.29, 1.82) is 0 Å². The first kappa shape index (κ1) is 29.9. The second-order valence-electron chi connectivity index (χ2n) is 11.3. The summed E-state index contributed by atoms with van der Waals surface area (Å²) in [6.07, 6.45) is 5.14. The topological polar surface area (TPSA) is 98.6 Å². The van der Waals surface area contributed by atoms with Gasteiger partial charge in [0.25, 0.3) is 5.91 Å². The van der Waals surface area contributed by atoms with Crippen molar-refractivity contribution in [2.45, 2.75) is 57.2 Å². The van der Waals surface area contributed by atoms with E-state index in [1.54, 1.807) is 23.6 Å². The maximum Gasteiger partial charge on any atom is 0.252 e. The van der Waals surface area contributed by atoms with Gasteiger partial charge >= 0.3 is 0 Å². The third kappa shape index (κ3) is 6.67. The van der Waals surface area contributed by atoms with Crippen molar-refractivity contribution in [2.24, 2.45) is 0 Å². The Morgan fingerprint density at radius 3 is 2.18 bits per heavy atom. The Kier molecular flexibility index (Phi) is 9.05. The molecule has 6 rings (SSSR count).